The van der Waals surface area contributed by atoms with Gasteiger partial charge in [0.15, 0.2) is 5.11 Å². The van der Waals surface area contributed by atoms with E-state index in [1.54, 1.807) is 36.7 Å². The van der Waals surface area contributed by atoms with E-state index >= 15 is 0 Å². The summed E-state index contributed by atoms with van der Waals surface area (Å²) in [4.78, 5) is 17.9. The summed E-state index contributed by atoms with van der Waals surface area (Å²) in [6, 6.07) is 20.2. The maximum absolute atomic E-state index is 11.3. The average molecular weight is 445 g/mol. The fraction of sp³-hybridized carbons (Fsp3) is 0.125. The molecule has 32 heavy (non-hydrogen) atoms. The van der Waals surface area contributed by atoms with E-state index in [0.717, 1.165) is 22.8 Å². The standard InChI is InChI=1S/C24H20N4O3S/c29-23(30)16-8-10-17(11-9-16)27-13-3-7-20(27)22-21(19-6-1-2-12-25-19)26-24(32)28(22)15-18-5-4-14-31-18/h1-14,21-22H,15H2,(H,26,32)(H,29,30)/t21-,22+/m0/s1. The van der Waals surface area contributed by atoms with Gasteiger partial charge >= 0.3 is 5.97 Å². The van der Waals surface area contributed by atoms with Gasteiger partial charge in [0.1, 0.15) is 5.76 Å². The Morgan fingerprint density at radius 2 is 1.94 bits per heavy atom. The third kappa shape index (κ3) is 3.65. The van der Waals surface area contributed by atoms with E-state index in [1.165, 1.54) is 0 Å². The second-order valence-corrected chi connectivity index (χ2v) is 7.88. The number of pyridine rings is 1. The van der Waals surface area contributed by atoms with Crippen molar-refractivity contribution in [3.63, 3.8) is 0 Å². The van der Waals surface area contributed by atoms with Gasteiger partial charge in [0.25, 0.3) is 0 Å². The number of carboxylic acid groups (broad SMARTS) is 1. The van der Waals surface area contributed by atoms with E-state index in [9.17, 15) is 9.90 Å². The first-order valence-electron chi connectivity index (χ1n) is 10.1. The lowest BCUT2D eigenvalue weighted by Gasteiger charge is -2.28. The molecule has 0 radical (unpaired) electrons. The van der Waals surface area contributed by atoms with Crippen LogP contribution in [0.15, 0.2) is 89.8 Å². The van der Waals surface area contributed by atoms with Crippen molar-refractivity contribution in [2.24, 2.45) is 0 Å². The lowest BCUT2D eigenvalue weighted by atomic mass is 10.0. The van der Waals surface area contributed by atoms with Crippen LogP contribution >= 0.6 is 12.2 Å². The molecule has 1 aliphatic rings. The van der Waals surface area contributed by atoms with E-state index in [1.807, 2.05) is 42.6 Å². The van der Waals surface area contributed by atoms with Crippen molar-refractivity contribution in [2.75, 3.05) is 0 Å². The number of aromatic nitrogens is 2. The zero-order valence-corrected chi connectivity index (χ0v) is 17.8. The second kappa shape index (κ2) is 8.32. The fourth-order valence-electron chi connectivity index (χ4n) is 4.10. The summed E-state index contributed by atoms with van der Waals surface area (Å²) in [6.07, 6.45) is 5.39. The third-order valence-electron chi connectivity index (χ3n) is 5.58. The lowest BCUT2D eigenvalue weighted by Crippen LogP contribution is -2.29. The second-order valence-electron chi connectivity index (χ2n) is 7.49. The molecule has 0 aliphatic carbocycles. The maximum Gasteiger partial charge on any atom is 0.335 e. The zero-order chi connectivity index (χ0) is 22.1. The molecule has 0 saturated carbocycles. The Bertz CT molecular complexity index is 1240. The van der Waals surface area contributed by atoms with E-state index in [-0.39, 0.29) is 17.6 Å². The molecule has 8 heteroatoms. The predicted molar refractivity (Wildman–Crippen MR) is 122 cm³/mol. The molecule has 4 aromatic rings. The minimum atomic E-state index is -0.950. The minimum Gasteiger partial charge on any atom is -0.478 e. The monoisotopic (exact) mass is 444 g/mol. The summed E-state index contributed by atoms with van der Waals surface area (Å²) in [5.74, 6) is -0.140. The molecule has 0 unspecified atom stereocenters. The Balaban J connectivity index is 1.58. The van der Waals surface area contributed by atoms with Crippen molar-refractivity contribution in [1.82, 2.24) is 19.8 Å². The van der Waals surface area contributed by atoms with Gasteiger partial charge in [-0.25, -0.2) is 4.79 Å². The molecule has 4 heterocycles. The Hall–Kier alpha value is -3.91. The minimum absolute atomic E-state index is 0.156. The fourth-order valence-corrected chi connectivity index (χ4v) is 4.41. The molecule has 1 fully saturated rings. The number of carboxylic acids is 1. The first-order chi connectivity index (χ1) is 15.6. The summed E-state index contributed by atoms with van der Waals surface area (Å²) in [7, 11) is 0. The van der Waals surface area contributed by atoms with Crippen LogP contribution in [0.4, 0.5) is 0 Å². The number of thiocarbonyl (C=S) groups is 1. The lowest BCUT2D eigenvalue weighted by molar-refractivity contribution is 0.0697. The Morgan fingerprint density at radius 3 is 2.62 bits per heavy atom. The highest BCUT2D eigenvalue weighted by Crippen LogP contribution is 2.40. The van der Waals surface area contributed by atoms with Gasteiger partial charge in [-0.15, -0.1) is 0 Å². The summed E-state index contributed by atoms with van der Waals surface area (Å²) < 4.78 is 7.65. The first kappa shape index (κ1) is 20.0. The molecular weight excluding hydrogens is 424 g/mol. The van der Waals surface area contributed by atoms with Gasteiger partial charge in [-0.2, -0.15) is 0 Å². The molecule has 2 N–H and O–H groups in total. The van der Waals surface area contributed by atoms with Crippen molar-refractivity contribution in [1.29, 1.82) is 0 Å². The van der Waals surface area contributed by atoms with Crippen LogP contribution in [0.1, 0.15) is 39.6 Å². The van der Waals surface area contributed by atoms with Gasteiger partial charge in [0, 0.05) is 23.8 Å². The molecule has 3 aromatic heterocycles. The van der Waals surface area contributed by atoms with Crippen LogP contribution < -0.4 is 5.32 Å². The number of hydrogen-bond donors (Lipinski definition) is 2. The van der Waals surface area contributed by atoms with Crippen molar-refractivity contribution in [3.8, 4) is 5.69 Å². The van der Waals surface area contributed by atoms with Crippen molar-refractivity contribution >= 4 is 23.3 Å². The number of aromatic carboxylic acids is 1. The van der Waals surface area contributed by atoms with Gasteiger partial charge in [-0.05, 0) is 72.9 Å². The maximum atomic E-state index is 11.3. The largest absolute Gasteiger partial charge is 0.478 e. The third-order valence-corrected chi connectivity index (χ3v) is 5.93. The smallest absolute Gasteiger partial charge is 0.335 e. The van der Waals surface area contributed by atoms with Crippen LogP contribution in [0, 0.1) is 0 Å². The highest BCUT2D eigenvalue weighted by Gasteiger charge is 2.41. The SMILES string of the molecule is O=C(O)c1ccc(-n2cccc2[C@@H]2[C@H](c3ccccn3)NC(=S)N2Cc2ccco2)cc1. The summed E-state index contributed by atoms with van der Waals surface area (Å²) in [6.45, 7) is 0.510. The highest BCUT2D eigenvalue weighted by molar-refractivity contribution is 7.80. The first-order valence-corrected chi connectivity index (χ1v) is 10.5. The molecule has 0 amide bonds. The summed E-state index contributed by atoms with van der Waals surface area (Å²) in [5.41, 5.74) is 3.00. The van der Waals surface area contributed by atoms with Gasteiger partial charge in [-0.3, -0.25) is 4.98 Å². The van der Waals surface area contributed by atoms with Crippen LogP contribution in [0.5, 0.6) is 0 Å². The molecule has 160 valence electrons. The quantitative estimate of drug-likeness (QED) is 0.428. The van der Waals surface area contributed by atoms with Gasteiger partial charge in [0.05, 0.1) is 36.1 Å². The van der Waals surface area contributed by atoms with Crippen molar-refractivity contribution < 1.29 is 14.3 Å². The molecule has 1 aromatic carbocycles. The average Bonchev–Trinajstić information content (AvgIpc) is 3.56. The van der Waals surface area contributed by atoms with Crippen LogP contribution in [-0.2, 0) is 6.54 Å². The molecule has 2 atom stereocenters. The number of benzene rings is 1. The van der Waals surface area contributed by atoms with Gasteiger partial charge in [0.2, 0.25) is 0 Å². The number of nitrogens with one attached hydrogen (secondary N) is 1. The summed E-state index contributed by atoms with van der Waals surface area (Å²) in [5, 5.41) is 13.3. The molecule has 1 aliphatic heterocycles. The number of rotatable bonds is 6. The Morgan fingerprint density at radius 1 is 1.09 bits per heavy atom. The van der Waals surface area contributed by atoms with Gasteiger partial charge < -0.3 is 24.3 Å². The Kier molecular flexibility index (Phi) is 5.20. The molecule has 5 rings (SSSR count). The normalized spacial score (nSPS) is 18.0. The van der Waals surface area contributed by atoms with E-state index in [4.69, 9.17) is 16.6 Å². The number of carbonyl (C=O) groups is 1. The highest BCUT2D eigenvalue weighted by atomic mass is 32.1. The van der Waals surface area contributed by atoms with E-state index in [0.29, 0.717) is 11.7 Å². The van der Waals surface area contributed by atoms with Crippen LogP contribution in [-0.4, -0.2) is 30.6 Å². The predicted octanol–water partition coefficient (Wildman–Crippen LogP) is 4.34. The number of nitrogens with zero attached hydrogens (tertiary/aromatic N) is 3. The van der Waals surface area contributed by atoms with Crippen LogP contribution in [0.3, 0.4) is 0 Å². The molecular formula is C24H20N4O3S. The van der Waals surface area contributed by atoms with Gasteiger partial charge in [-0.1, -0.05) is 6.07 Å². The molecule has 0 spiro atoms. The van der Waals surface area contributed by atoms with Crippen LogP contribution in [0.25, 0.3) is 5.69 Å². The molecule has 7 nitrogen and oxygen atoms in total. The van der Waals surface area contributed by atoms with Crippen LogP contribution in [0.2, 0.25) is 0 Å². The number of hydrogen-bond acceptors (Lipinski definition) is 4. The van der Waals surface area contributed by atoms with Crippen molar-refractivity contribution in [3.05, 3.63) is 108 Å². The van der Waals surface area contributed by atoms with Crippen molar-refractivity contribution in [2.45, 2.75) is 18.6 Å². The molecule has 1 saturated heterocycles. The molecule has 0 bridgehead atoms. The van der Waals surface area contributed by atoms with E-state index in [2.05, 4.69) is 25.8 Å². The number of furan rings is 1. The zero-order valence-electron chi connectivity index (χ0n) is 17.0. The summed E-state index contributed by atoms with van der Waals surface area (Å²) >= 11 is 5.72. The van der Waals surface area contributed by atoms with E-state index < -0.39 is 5.97 Å². The topological polar surface area (TPSA) is 83.5 Å². The Labute approximate surface area is 189 Å².